The van der Waals surface area contributed by atoms with Crippen molar-refractivity contribution < 1.29 is 9.47 Å². The first kappa shape index (κ1) is 13.2. The standard InChI is InChI=1S/C10H12BrClO2S/c1-6-8(11)7(4-5-12)15-9(6)10(13-2)14-3/h4-5,10H,1-3H3. The van der Waals surface area contributed by atoms with Crippen LogP contribution in [0.15, 0.2) is 10.0 Å². The normalized spacial score (nSPS) is 11.9. The largest absolute Gasteiger partial charge is 0.351 e. The molecule has 1 aromatic rings. The molecule has 84 valence electrons. The van der Waals surface area contributed by atoms with Gasteiger partial charge in [-0.1, -0.05) is 11.6 Å². The minimum atomic E-state index is -0.316. The molecule has 1 heterocycles. The predicted octanol–water partition coefficient (Wildman–Crippen LogP) is 4.32. The van der Waals surface area contributed by atoms with Gasteiger partial charge in [-0.05, 0) is 34.5 Å². The molecule has 0 aliphatic heterocycles. The van der Waals surface area contributed by atoms with Gasteiger partial charge in [0.1, 0.15) is 0 Å². The van der Waals surface area contributed by atoms with Crippen molar-refractivity contribution in [2.45, 2.75) is 13.2 Å². The summed E-state index contributed by atoms with van der Waals surface area (Å²) >= 11 is 10.7. The highest BCUT2D eigenvalue weighted by Gasteiger charge is 2.18. The molecular formula is C10H12BrClO2S. The Morgan fingerprint density at radius 2 is 2.00 bits per heavy atom. The first-order valence-electron chi connectivity index (χ1n) is 4.26. The fourth-order valence-corrected chi connectivity index (χ4v) is 3.31. The molecule has 0 aromatic carbocycles. The van der Waals surface area contributed by atoms with Gasteiger partial charge in [-0.2, -0.15) is 0 Å². The van der Waals surface area contributed by atoms with Crippen molar-refractivity contribution in [3.63, 3.8) is 0 Å². The van der Waals surface area contributed by atoms with E-state index in [1.807, 2.05) is 13.0 Å². The molecular weight excluding hydrogens is 300 g/mol. The predicted molar refractivity (Wildman–Crippen MR) is 68.4 cm³/mol. The number of hydrogen-bond acceptors (Lipinski definition) is 3. The van der Waals surface area contributed by atoms with E-state index in [1.165, 1.54) is 5.54 Å². The summed E-state index contributed by atoms with van der Waals surface area (Å²) in [6.07, 6.45) is 1.53. The molecule has 0 amide bonds. The van der Waals surface area contributed by atoms with Gasteiger partial charge in [0, 0.05) is 29.1 Å². The third-order valence-electron chi connectivity index (χ3n) is 1.99. The van der Waals surface area contributed by atoms with E-state index in [0.717, 1.165) is 19.8 Å². The van der Waals surface area contributed by atoms with Crippen molar-refractivity contribution in [2.24, 2.45) is 0 Å². The zero-order valence-corrected chi connectivity index (χ0v) is 11.9. The number of hydrogen-bond donors (Lipinski definition) is 0. The summed E-state index contributed by atoms with van der Waals surface area (Å²) in [5.41, 5.74) is 2.62. The Balaban J connectivity index is 3.14. The molecule has 0 fully saturated rings. The van der Waals surface area contributed by atoms with Crippen LogP contribution in [-0.4, -0.2) is 14.2 Å². The Hall–Kier alpha value is 0.130. The lowest BCUT2D eigenvalue weighted by Crippen LogP contribution is -2.02. The van der Waals surface area contributed by atoms with E-state index in [2.05, 4.69) is 15.9 Å². The summed E-state index contributed by atoms with van der Waals surface area (Å²) in [4.78, 5) is 2.12. The molecule has 1 rings (SSSR count). The second-order valence-electron chi connectivity index (χ2n) is 2.87. The quantitative estimate of drug-likeness (QED) is 0.771. The van der Waals surface area contributed by atoms with E-state index in [-0.39, 0.29) is 6.29 Å². The molecule has 0 saturated heterocycles. The second-order valence-corrected chi connectivity index (χ2v) is 4.99. The van der Waals surface area contributed by atoms with Crippen molar-refractivity contribution in [3.8, 4) is 0 Å². The SMILES string of the molecule is COC(OC)c1sc(C=CCl)c(Br)c1C. The van der Waals surface area contributed by atoms with Crippen molar-refractivity contribution >= 4 is 44.9 Å². The van der Waals surface area contributed by atoms with Crippen molar-refractivity contribution in [2.75, 3.05) is 14.2 Å². The highest BCUT2D eigenvalue weighted by Crippen LogP contribution is 2.38. The Kier molecular flexibility index (Phi) is 5.29. The van der Waals surface area contributed by atoms with Crippen molar-refractivity contribution in [3.05, 3.63) is 25.3 Å². The minimum absolute atomic E-state index is 0.316. The van der Waals surface area contributed by atoms with Crippen LogP contribution in [-0.2, 0) is 9.47 Å². The van der Waals surface area contributed by atoms with Gasteiger partial charge in [0.2, 0.25) is 0 Å². The molecule has 0 bridgehead atoms. The Labute approximate surface area is 107 Å². The maximum Gasteiger partial charge on any atom is 0.192 e. The number of rotatable bonds is 4. The summed E-state index contributed by atoms with van der Waals surface area (Å²) in [5, 5.41) is 0. The van der Waals surface area contributed by atoms with Gasteiger partial charge in [-0.3, -0.25) is 0 Å². The van der Waals surface area contributed by atoms with E-state index < -0.39 is 0 Å². The second kappa shape index (κ2) is 6.01. The summed E-state index contributed by atoms with van der Waals surface area (Å²) in [7, 11) is 3.25. The van der Waals surface area contributed by atoms with Crippen LogP contribution < -0.4 is 0 Å². The topological polar surface area (TPSA) is 18.5 Å². The van der Waals surface area contributed by atoms with E-state index in [0.29, 0.717) is 0 Å². The molecule has 5 heteroatoms. The maximum atomic E-state index is 5.56. The molecule has 0 unspecified atom stereocenters. The van der Waals surface area contributed by atoms with Gasteiger partial charge in [-0.25, -0.2) is 0 Å². The molecule has 0 radical (unpaired) electrons. The molecule has 0 aliphatic rings. The summed E-state index contributed by atoms with van der Waals surface area (Å²) in [5.74, 6) is 0. The fourth-order valence-electron chi connectivity index (χ4n) is 1.23. The molecule has 0 aliphatic carbocycles. The van der Waals surface area contributed by atoms with Crippen molar-refractivity contribution in [1.82, 2.24) is 0 Å². The number of methoxy groups -OCH3 is 2. The van der Waals surface area contributed by atoms with Gasteiger partial charge in [-0.15, -0.1) is 11.3 Å². The highest BCUT2D eigenvalue weighted by atomic mass is 79.9. The summed E-state index contributed by atoms with van der Waals surface area (Å²) < 4.78 is 11.5. The van der Waals surface area contributed by atoms with E-state index in [4.69, 9.17) is 21.1 Å². The minimum Gasteiger partial charge on any atom is -0.351 e. The summed E-state index contributed by atoms with van der Waals surface area (Å²) in [6, 6.07) is 0. The smallest absolute Gasteiger partial charge is 0.192 e. The molecule has 1 aromatic heterocycles. The van der Waals surface area contributed by atoms with E-state index >= 15 is 0 Å². The first-order valence-corrected chi connectivity index (χ1v) is 6.31. The van der Waals surface area contributed by atoms with Crippen LogP contribution in [0.25, 0.3) is 6.08 Å². The molecule has 0 N–H and O–H groups in total. The number of ether oxygens (including phenoxy) is 2. The zero-order chi connectivity index (χ0) is 11.4. The Bertz CT molecular complexity index is 359. The number of halogens is 2. The third-order valence-corrected chi connectivity index (χ3v) is 4.68. The van der Waals surface area contributed by atoms with Crippen LogP contribution in [0.5, 0.6) is 0 Å². The zero-order valence-electron chi connectivity index (χ0n) is 8.71. The lowest BCUT2D eigenvalue weighted by atomic mass is 10.2. The highest BCUT2D eigenvalue weighted by molar-refractivity contribution is 9.10. The molecule has 0 spiro atoms. The Morgan fingerprint density at radius 1 is 1.40 bits per heavy atom. The lowest BCUT2D eigenvalue weighted by Gasteiger charge is -2.12. The van der Waals surface area contributed by atoms with E-state index in [1.54, 1.807) is 25.6 Å². The summed E-state index contributed by atoms with van der Waals surface area (Å²) in [6.45, 7) is 2.02. The first-order chi connectivity index (χ1) is 7.15. The molecule has 0 saturated carbocycles. The van der Waals surface area contributed by atoms with Crippen LogP contribution in [0.1, 0.15) is 21.6 Å². The Morgan fingerprint density at radius 3 is 2.47 bits per heavy atom. The molecule has 15 heavy (non-hydrogen) atoms. The van der Waals surface area contributed by atoms with Crippen LogP contribution in [0, 0.1) is 6.92 Å². The van der Waals surface area contributed by atoms with Crippen molar-refractivity contribution in [1.29, 1.82) is 0 Å². The monoisotopic (exact) mass is 310 g/mol. The average molecular weight is 312 g/mol. The lowest BCUT2D eigenvalue weighted by molar-refractivity contribution is -0.103. The molecule has 2 nitrogen and oxygen atoms in total. The van der Waals surface area contributed by atoms with Gasteiger partial charge in [0.15, 0.2) is 6.29 Å². The van der Waals surface area contributed by atoms with Crippen LogP contribution in [0.3, 0.4) is 0 Å². The van der Waals surface area contributed by atoms with Crippen LogP contribution in [0.2, 0.25) is 0 Å². The maximum absolute atomic E-state index is 5.56. The van der Waals surface area contributed by atoms with Gasteiger partial charge < -0.3 is 9.47 Å². The van der Waals surface area contributed by atoms with Crippen LogP contribution in [0.4, 0.5) is 0 Å². The van der Waals surface area contributed by atoms with Gasteiger partial charge in [0.25, 0.3) is 0 Å². The molecule has 0 atom stereocenters. The van der Waals surface area contributed by atoms with E-state index in [9.17, 15) is 0 Å². The number of thiophene rings is 1. The average Bonchev–Trinajstić information content (AvgIpc) is 2.50. The van der Waals surface area contributed by atoms with Gasteiger partial charge >= 0.3 is 0 Å². The third kappa shape index (κ3) is 2.82. The van der Waals surface area contributed by atoms with Crippen LogP contribution >= 0.6 is 38.9 Å². The fraction of sp³-hybridized carbons (Fsp3) is 0.400. The van der Waals surface area contributed by atoms with Gasteiger partial charge in [0.05, 0.1) is 4.88 Å².